The Morgan fingerprint density at radius 1 is 1.16 bits per heavy atom. The lowest BCUT2D eigenvalue weighted by molar-refractivity contribution is 0.0276. The molecule has 0 radical (unpaired) electrons. The Hall–Kier alpha value is -4.56. The van der Waals surface area contributed by atoms with Gasteiger partial charge in [0.2, 0.25) is 0 Å². The van der Waals surface area contributed by atoms with Crippen LogP contribution < -0.4 is 15.0 Å². The van der Waals surface area contributed by atoms with Gasteiger partial charge in [0.05, 0.1) is 17.5 Å². The van der Waals surface area contributed by atoms with E-state index in [0.29, 0.717) is 52.7 Å². The predicted molar refractivity (Wildman–Crippen MR) is 165 cm³/mol. The molecule has 2 fully saturated rings. The number of carbonyl (C=O) groups is 1. The van der Waals surface area contributed by atoms with Crippen molar-refractivity contribution in [2.45, 2.75) is 51.3 Å². The van der Waals surface area contributed by atoms with E-state index in [9.17, 15) is 9.18 Å². The zero-order chi connectivity index (χ0) is 31.2. The van der Waals surface area contributed by atoms with Crippen LogP contribution in [0, 0.1) is 24.0 Å². The van der Waals surface area contributed by atoms with E-state index in [2.05, 4.69) is 26.1 Å². The van der Waals surface area contributed by atoms with Crippen LogP contribution >= 0.6 is 0 Å². The first-order chi connectivity index (χ1) is 21.0. The molecule has 2 aromatic carbocycles. The molecule has 2 unspecified atom stereocenters. The van der Waals surface area contributed by atoms with Crippen molar-refractivity contribution in [1.82, 2.24) is 25.2 Å². The zero-order valence-electron chi connectivity index (χ0n) is 25.2. The minimum absolute atomic E-state index is 0.00848. The van der Waals surface area contributed by atoms with Gasteiger partial charge in [-0.3, -0.25) is 4.98 Å². The molecule has 44 heavy (non-hydrogen) atoms. The second kappa shape index (κ2) is 11.5. The molecule has 0 spiro atoms. The number of nitrogens with one attached hydrogen (secondary N) is 1. The van der Waals surface area contributed by atoms with Crippen molar-refractivity contribution in [2.24, 2.45) is 0 Å². The van der Waals surface area contributed by atoms with Crippen LogP contribution in [0.25, 0.3) is 32.9 Å². The highest BCUT2D eigenvalue weighted by Crippen LogP contribution is 2.37. The molecule has 1 N–H and O–H groups in total. The number of piperazine rings is 1. The molecule has 2 atom stereocenters. The fourth-order valence-corrected chi connectivity index (χ4v) is 5.88. The molecule has 228 valence electrons. The van der Waals surface area contributed by atoms with E-state index in [0.717, 1.165) is 12.8 Å². The van der Waals surface area contributed by atoms with Crippen molar-refractivity contribution in [1.29, 1.82) is 0 Å². The van der Waals surface area contributed by atoms with Gasteiger partial charge in [0, 0.05) is 49.4 Å². The fourth-order valence-electron chi connectivity index (χ4n) is 5.88. The van der Waals surface area contributed by atoms with Gasteiger partial charge in [-0.25, -0.2) is 13.6 Å². The van der Waals surface area contributed by atoms with Crippen LogP contribution in [-0.2, 0) is 4.74 Å². The summed E-state index contributed by atoms with van der Waals surface area (Å²) in [5, 5.41) is 5.10. The number of hydrogen-bond donors (Lipinski definition) is 1. The Kier molecular flexibility index (Phi) is 7.72. The highest BCUT2D eigenvalue weighted by molar-refractivity contribution is 6.02. The van der Waals surface area contributed by atoms with E-state index in [1.807, 2.05) is 0 Å². The summed E-state index contributed by atoms with van der Waals surface area (Å²) in [6, 6.07) is 8.68. The van der Waals surface area contributed by atoms with E-state index >= 15 is 4.39 Å². The molecule has 0 saturated carbocycles. The van der Waals surface area contributed by atoms with Gasteiger partial charge in [0.25, 0.3) is 0 Å². The third-order valence-electron chi connectivity index (χ3n) is 7.92. The lowest BCUT2D eigenvalue weighted by Gasteiger charge is -2.34. The molecule has 2 aromatic heterocycles. The van der Waals surface area contributed by atoms with Gasteiger partial charge in [0.1, 0.15) is 35.1 Å². The van der Waals surface area contributed by atoms with Crippen molar-refractivity contribution < 1.29 is 23.0 Å². The molecule has 4 heterocycles. The van der Waals surface area contributed by atoms with Gasteiger partial charge < -0.3 is 24.6 Å². The van der Waals surface area contributed by atoms with Gasteiger partial charge in [-0.1, -0.05) is 30.2 Å². The number of likely N-dealkylation sites (N-methyl/N-ethyl adjacent to an activating group) is 1. The standard InChI is InChI=1S/C33H34F2N6O3/c1-6-22-25(34)13-10-19-8-7-9-23(26(19)22)28-27(35)29-24(16-36-28)30(41-17-20-11-12-21(18-41)37-20)39-31(38-29)43-15-14-40(5)32(42)44-33(2,3)4/h1,7-10,13,16,20-21,37H,11-12,14-15,17-18H2,2-5H3. The number of carbonyl (C=O) groups excluding carboxylic acids is 1. The van der Waals surface area contributed by atoms with E-state index in [1.54, 1.807) is 58.3 Å². The first-order valence-electron chi connectivity index (χ1n) is 14.6. The summed E-state index contributed by atoms with van der Waals surface area (Å²) in [4.78, 5) is 29.6. The van der Waals surface area contributed by atoms with Crippen LogP contribution in [0.5, 0.6) is 6.01 Å². The average Bonchev–Trinajstić information content (AvgIpc) is 3.33. The Labute approximate surface area is 254 Å². The molecular formula is C33H34F2N6O3. The van der Waals surface area contributed by atoms with Crippen LogP contribution in [0.3, 0.4) is 0 Å². The predicted octanol–water partition coefficient (Wildman–Crippen LogP) is 5.29. The topological polar surface area (TPSA) is 92.7 Å². The molecule has 2 aliphatic rings. The number of terminal acetylenes is 1. The summed E-state index contributed by atoms with van der Waals surface area (Å²) in [5.74, 6) is 1.67. The lowest BCUT2D eigenvalue weighted by Crippen LogP contribution is -2.51. The van der Waals surface area contributed by atoms with Gasteiger partial charge in [-0.2, -0.15) is 9.97 Å². The molecule has 2 saturated heterocycles. The van der Waals surface area contributed by atoms with Gasteiger partial charge >= 0.3 is 12.1 Å². The molecule has 1 amide bonds. The van der Waals surface area contributed by atoms with E-state index in [1.165, 1.54) is 11.0 Å². The molecule has 11 heteroatoms. The molecule has 9 nitrogen and oxygen atoms in total. The third kappa shape index (κ3) is 5.69. The second-order valence-corrected chi connectivity index (χ2v) is 12.3. The summed E-state index contributed by atoms with van der Waals surface area (Å²) < 4.78 is 42.6. The second-order valence-electron chi connectivity index (χ2n) is 12.3. The van der Waals surface area contributed by atoms with E-state index in [4.69, 9.17) is 20.9 Å². The molecular weight excluding hydrogens is 566 g/mol. The number of anilines is 1. The number of benzene rings is 2. The Morgan fingerprint density at radius 2 is 1.91 bits per heavy atom. The number of fused-ring (bicyclic) bond motifs is 4. The summed E-state index contributed by atoms with van der Waals surface area (Å²) in [6.07, 6.45) is 8.85. The number of aromatic nitrogens is 3. The minimum Gasteiger partial charge on any atom is -0.462 e. The van der Waals surface area contributed by atoms with Crippen LogP contribution in [0.1, 0.15) is 39.2 Å². The molecule has 2 aliphatic heterocycles. The Balaban J connectivity index is 1.41. The van der Waals surface area contributed by atoms with Crippen molar-refractivity contribution in [3.8, 4) is 29.6 Å². The maximum absolute atomic E-state index is 16.6. The minimum atomic E-state index is -0.695. The molecule has 6 rings (SSSR count). The Morgan fingerprint density at radius 3 is 2.61 bits per heavy atom. The Bertz CT molecular complexity index is 1790. The summed E-state index contributed by atoms with van der Waals surface area (Å²) >= 11 is 0. The summed E-state index contributed by atoms with van der Waals surface area (Å²) in [6.45, 7) is 7.03. The first kappa shape index (κ1) is 29.5. The third-order valence-corrected chi connectivity index (χ3v) is 7.92. The van der Waals surface area contributed by atoms with Gasteiger partial charge in [-0.05, 0) is 45.1 Å². The number of rotatable bonds is 6. The summed E-state index contributed by atoms with van der Waals surface area (Å²) in [5.41, 5.74) is -0.220. The van der Waals surface area contributed by atoms with Gasteiger partial charge in [-0.15, -0.1) is 6.42 Å². The largest absolute Gasteiger partial charge is 0.462 e. The van der Waals surface area contributed by atoms with Crippen molar-refractivity contribution in [3.63, 3.8) is 0 Å². The molecule has 0 aliphatic carbocycles. The number of ether oxygens (including phenoxy) is 2. The maximum atomic E-state index is 16.6. The monoisotopic (exact) mass is 600 g/mol. The lowest BCUT2D eigenvalue weighted by atomic mass is 9.96. The highest BCUT2D eigenvalue weighted by atomic mass is 19.1. The fraction of sp³-hybridized carbons (Fsp3) is 0.394. The SMILES string of the molecule is C#Cc1c(F)ccc2cccc(-c3ncc4c(N5CC6CCC(C5)N6)nc(OCCN(C)C(=O)OC(C)(C)C)nc4c3F)c12. The number of hydrogen-bond acceptors (Lipinski definition) is 8. The van der Waals surface area contributed by atoms with Crippen molar-refractivity contribution >= 4 is 33.6 Å². The van der Waals surface area contributed by atoms with Crippen LogP contribution in [0.2, 0.25) is 0 Å². The smallest absolute Gasteiger partial charge is 0.410 e. The molecule has 2 bridgehead atoms. The number of amides is 1. The number of halogens is 2. The van der Waals surface area contributed by atoms with Crippen LogP contribution in [0.4, 0.5) is 19.4 Å². The van der Waals surface area contributed by atoms with Crippen molar-refractivity contribution in [2.75, 3.05) is 38.2 Å². The summed E-state index contributed by atoms with van der Waals surface area (Å²) in [7, 11) is 1.61. The normalized spacial score (nSPS) is 18.0. The van der Waals surface area contributed by atoms with E-state index < -0.39 is 23.3 Å². The van der Waals surface area contributed by atoms with Crippen LogP contribution in [-0.4, -0.2) is 76.9 Å². The maximum Gasteiger partial charge on any atom is 0.410 e. The number of pyridine rings is 1. The number of nitrogens with zero attached hydrogens (tertiary/aromatic N) is 5. The van der Waals surface area contributed by atoms with Crippen LogP contribution in [0.15, 0.2) is 36.5 Å². The highest BCUT2D eigenvalue weighted by Gasteiger charge is 2.34. The zero-order valence-corrected chi connectivity index (χ0v) is 25.2. The van der Waals surface area contributed by atoms with E-state index in [-0.39, 0.29) is 35.9 Å². The quantitative estimate of drug-likeness (QED) is 0.299. The average molecular weight is 601 g/mol. The van der Waals surface area contributed by atoms with Gasteiger partial charge in [0.15, 0.2) is 5.82 Å². The molecule has 4 aromatic rings. The van der Waals surface area contributed by atoms with Crippen molar-refractivity contribution in [3.05, 3.63) is 53.7 Å². The first-order valence-corrected chi connectivity index (χ1v) is 14.6.